The first-order valence-electron chi connectivity index (χ1n) is 25.4. The Morgan fingerprint density at radius 2 is 0.737 bits per heavy atom. The summed E-state index contributed by atoms with van der Waals surface area (Å²) in [7, 11) is 0. The Morgan fingerprint density at radius 3 is 1.26 bits per heavy atom. The van der Waals surface area contributed by atoms with E-state index in [2.05, 4.69) is 185 Å². The second-order valence-electron chi connectivity index (χ2n) is 19.3. The molecule has 6 heterocycles. The molecule has 76 heavy (non-hydrogen) atoms. The van der Waals surface area contributed by atoms with Gasteiger partial charge >= 0.3 is 0 Å². The third-order valence-electron chi connectivity index (χ3n) is 15.0. The Morgan fingerprint density at radius 1 is 0.289 bits per heavy atom. The number of fused-ring (bicyclic) bond motifs is 14. The standard InChI is InChI=1S/C68H40N6O2/c1-5-17-41(18-6-1)66-70-67(42-19-7-2-8-20-42)72-68(71-66)52-37-45(43-29-31-50-59(38-43)75-57-35-33-55-61(63(50)57)48-25-13-15-27-53(48)73(55)46-21-9-3-10-22-46)40-69-65(52)44-30-32-51-60(39-44)76-58-36-34-56-62(64(51)58)49-26-14-16-28-54(49)74(56)47-23-11-4-12-24-47/h1-40H. The van der Waals surface area contributed by atoms with Crippen molar-refractivity contribution < 1.29 is 8.83 Å². The van der Waals surface area contributed by atoms with Gasteiger partial charge in [0.15, 0.2) is 17.5 Å². The lowest BCUT2D eigenvalue weighted by molar-refractivity contribution is 0.669. The summed E-state index contributed by atoms with van der Waals surface area (Å²) in [4.78, 5) is 20.9. The molecule has 0 saturated heterocycles. The predicted molar refractivity (Wildman–Crippen MR) is 308 cm³/mol. The molecule has 8 heteroatoms. The Kier molecular flexibility index (Phi) is 9.17. The van der Waals surface area contributed by atoms with E-state index in [0.717, 1.165) is 116 Å². The molecule has 0 atom stereocenters. The van der Waals surface area contributed by atoms with E-state index in [-0.39, 0.29) is 0 Å². The van der Waals surface area contributed by atoms with Gasteiger partial charge in [-0.15, -0.1) is 0 Å². The Labute approximate surface area is 434 Å². The first kappa shape index (κ1) is 42.1. The van der Waals surface area contributed by atoms with Crippen LogP contribution in [0, 0.1) is 0 Å². The summed E-state index contributed by atoms with van der Waals surface area (Å²) in [6.45, 7) is 0. The minimum Gasteiger partial charge on any atom is -0.456 e. The van der Waals surface area contributed by atoms with Crippen molar-refractivity contribution in [1.29, 1.82) is 0 Å². The highest BCUT2D eigenvalue weighted by molar-refractivity contribution is 6.29. The van der Waals surface area contributed by atoms with E-state index < -0.39 is 0 Å². The van der Waals surface area contributed by atoms with Gasteiger partial charge in [-0.3, -0.25) is 4.98 Å². The maximum Gasteiger partial charge on any atom is 0.166 e. The fraction of sp³-hybridized carbons (Fsp3) is 0. The number of nitrogens with zero attached hydrogens (tertiary/aromatic N) is 6. The van der Waals surface area contributed by atoms with Crippen LogP contribution in [0.2, 0.25) is 0 Å². The van der Waals surface area contributed by atoms with Crippen LogP contribution in [0.1, 0.15) is 0 Å². The van der Waals surface area contributed by atoms with Gasteiger partial charge in [0.2, 0.25) is 0 Å². The largest absolute Gasteiger partial charge is 0.456 e. The van der Waals surface area contributed by atoms with Gasteiger partial charge < -0.3 is 18.0 Å². The Hall–Kier alpha value is -10.4. The highest BCUT2D eigenvalue weighted by Crippen LogP contribution is 2.45. The van der Waals surface area contributed by atoms with Crippen LogP contribution >= 0.6 is 0 Å². The lowest BCUT2D eigenvalue weighted by atomic mass is 9.98. The minimum atomic E-state index is 0.499. The maximum absolute atomic E-state index is 6.83. The van der Waals surface area contributed by atoms with E-state index in [9.17, 15) is 0 Å². The monoisotopic (exact) mass is 972 g/mol. The quantitative estimate of drug-likeness (QED) is 0.158. The van der Waals surface area contributed by atoms with Crippen molar-refractivity contribution >= 4 is 87.5 Å². The molecule has 0 amide bonds. The van der Waals surface area contributed by atoms with E-state index in [1.165, 1.54) is 16.2 Å². The molecule has 0 radical (unpaired) electrons. The molecule has 0 N–H and O–H groups in total. The normalized spacial score (nSPS) is 11.9. The molecule has 0 aliphatic heterocycles. The smallest absolute Gasteiger partial charge is 0.166 e. The van der Waals surface area contributed by atoms with E-state index >= 15 is 0 Å². The van der Waals surface area contributed by atoms with Gasteiger partial charge in [0, 0.05) is 88.5 Å². The summed E-state index contributed by atoms with van der Waals surface area (Å²) in [6, 6.07) is 82.1. The molecule has 8 nitrogen and oxygen atoms in total. The molecule has 0 aliphatic rings. The fourth-order valence-corrected chi connectivity index (χ4v) is 11.6. The second-order valence-corrected chi connectivity index (χ2v) is 19.3. The average Bonchev–Trinajstić information content (AvgIpc) is 4.25. The molecule has 354 valence electrons. The molecule has 0 bridgehead atoms. The number of rotatable bonds is 7. The van der Waals surface area contributed by atoms with Crippen molar-refractivity contribution in [3.63, 3.8) is 0 Å². The van der Waals surface area contributed by atoms with Crippen LogP contribution in [0.25, 0.3) is 155 Å². The summed E-state index contributed by atoms with van der Waals surface area (Å²) in [6.07, 6.45) is 1.94. The molecular formula is C68H40N6O2. The molecular weight excluding hydrogens is 933 g/mol. The topological polar surface area (TPSA) is 87.7 Å². The molecule has 0 saturated carbocycles. The van der Waals surface area contributed by atoms with Gasteiger partial charge in [-0.1, -0.05) is 146 Å². The van der Waals surface area contributed by atoms with Crippen LogP contribution in [0.4, 0.5) is 0 Å². The van der Waals surface area contributed by atoms with Crippen molar-refractivity contribution in [2.24, 2.45) is 0 Å². The van der Waals surface area contributed by atoms with Gasteiger partial charge in [0.05, 0.1) is 27.8 Å². The molecule has 16 aromatic rings. The van der Waals surface area contributed by atoms with Crippen LogP contribution in [0.5, 0.6) is 0 Å². The molecule has 10 aromatic carbocycles. The summed E-state index contributed by atoms with van der Waals surface area (Å²) >= 11 is 0. The molecule has 0 aliphatic carbocycles. The van der Waals surface area contributed by atoms with E-state index in [4.69, 9.17) is 28.8 Å². The van der Waals surface area contributed by atoms with Crippen LogP contribution in [0.3, 0.4) is 0 Å². The van der Waals surface area contributed by atoms with Crippen LogP contribution in [-0.4, -0.2) is 29.1 Å². The highest BCUT2D eigenvalue weighted by Gasteiger charge is 2.24. The van der Waals surface area contributed by atoms with Crippen LogP contribution in [-0.2, 0) is 0 Å². The van der Waals surface area contributed by atoms with Crippen LogP contribution < -0.4 is 0 Å². The highest BCUT2D eigenvalue weighted by atomic mass is 16.3. The second kappa shape index (κ2) is 16.5. The number of hydrogen-bond acceptors (Lipinski definition) is 6. The summed E-state index contributed by atoms with van der Waals surface area (Å²) in [5.41, 5.74) is 15.9. The zero-order chi connectivity index (χ0) is 49.8. The van der Waals surface area contributed by atoms with Gasteiger partial charge in [0.25, 0.3) is 0 Å². The lowest BCUT2D eigenvalue weighted by Gasteiger charge is -2.13. The third kappa shape index (κ3) is 6.44. The lowest BCUT2D eigenvalue weighted by Crippen LogP contribution is -2.02. The molecule has 0 fully saturated rings. The number of aromatic nitrogens is 6. The number of pyridine rings is 1. The number of para-hydroxylation sites is 4. The fourth-order valence-electron chi connectivity index (χ4n) is 11.6. The molecule has 16 rings (SSSR count). The van der Waals surface area contributed by atoms with Crippen molar-refractivity contribution in [2.45, 2.75) is 0 Å². The van der Waals surface area contributed by atoms with Crippen LogP contribution in [0.15, 0.2) is 252 Å². The molecule has 6 aromatic heterocycles. The molecule has 0 spiro atoms. The predicted octanol–water partition coefficient (Wildman–Crippen LogP) is 17.6. The van der Waals surface area contributed by atoms with Gasteiger partial charge in [-0.25, -0.2) is 15.0 Å². The number of benzene rings is 10. The van der Waals surface area contributed by atoms with E-state index in [1.807, 2.05) is 66.9 Å². The minimum absolute atomic E-state index is 0.499. The van der Waals surface area contributed by atoms with Crippen molar-refractivity contribution in [2.75, 3.05) is 0 Å². The molecule has 0 unspecified atom stereocenters. The first-order chi connectivity index (χ1) is 37.7. The van der Waals surface area contributed by atoms with E-state index in [0.29, 0.717) is 23.2 Å². The number of furan rings is 2. The Bertz CT molecular complexity index is 4920. The third-order valence-corrected chi connectivity index (χ3v) is 15.0. The van der Waals surface area contributed by atoms with E-state index in [1.54, 1.807) is 0 Å². The summed E-state index contributed by atoms with van der Waals surface area (Å²) in [5, 5.41) is 8.91. The van der Waals surface area contributed by atoms with Gasteiger partial charge in [0.1, 0.15) is 22.3 Å². The summed E-state index contributed by atoms with van der Waals surface area (Å²) < 4.78 is 18.3. The zero-order valence-corrected chi connectivity index (χ0v) is 40.6. The van der Waals surface area contributed by atoms with Gasteiger partial charge in [-0.05, 0) is 96.6 Å². The number of hydrogen-bond donors (Lipinski definition) is 0. The Balaban J connectivity index is 0.897. The summed E-state index contributed by atoms with van der Waals surface area (Å²) in [5.74, 6) is 1.63. The SMILES string of the molecule is c1ccc(-c2nc(-c3ccccc3)nc(-c3cc(-c4ccc5c(c4)oc4ccc6c(c7ccccc7n6-c6ccccc6)c45)cnc3-c3ccc4c(c3)oc3ccc5c(c6ccccc6n5-c5ccccc5)c34)n2)cc1. The van der Waals surface area contributed by atoms with Gasteiger partial charge in [-0.2, -0.15) is 0 Å². The maximum atomic E-state index is 6.83. The van der Waals surface area contributed by atoms with Crippen molar-refractivity contribution in [3.05, 3.63) is 243 Å². The van der Waals surface area contributed by atoms with Crippen molar-refractivity contribution in [1.82, 2.24) is 29.1 Å². The average molecular weight is 973 g/mol. The van der Waals surface area contributed by atoms with Crippen molar-refractivity contribution in [3.8, 4) is 67.9 Å². The zero-order valence-electron chi connectivity index (χ0n) is 40.6. The first-order valence-corrected chi connectivity index (χ1v) is 25.4.